The van der Waals surface area contributed by atoms with Crippen LogP contribution in [0.1, 0.15) is 10.4 Å². The summed E-state index contributed by atoms with van der Waals surface area (Å²) in [4.78, 5) is 22.5. The van der Waals surface area contributed by atoms with Gasteiger partial charge in [-0.2, -0.15) is 0 Å². The number of ether oxygens (including phenoxy) is 3. The Labute approximate surface area is 150 Å². The second kappa shape index (κ2) is 8.52. The van der Waals surface area contributed by atoms with Crippen molar-refractivity contribution in [2.75, 3.05) is 26.6 Å². The van der Waals surface area contributed by atoms with Crippen LogP contribution in [0.3, 0.4) is 0 Å². The zero-order chi connectivity index (χ0) is 19.1. The molecule has 0 amide bonds. The molecule has 2 aromatic rings. The SMILES string of the molecule is COc1cc([N+](=O)[O-])ccc1N/C=C/C(=O)c1ccc(OC)c(OC)c1. The maximum atomic E-state index is 12.3. The molecule has 0 aliphatic heterocycles. The average Bonchev–Trinajstić information content (AvgIpc) is 2.67. The Morgan fingerprint density at radius 1 is 1.00 bits per heavy atom. The molecule has 0 bridgehead atoms. The van der Waals surface area contributed by atoms with Crippen molar-refractivity contribution in [1.29, 1.82) is 0 Å². The molecule has 8 nitrogen and oxygen atoms in total. The van der Waals surface area contributed by atoms with E-state index in [1.165, 1.54) is 51.8 Å². The van der Waals surface area contributed by atoms with Crippen molar-refractivity contribution in [3.63, 3.8) is 0 Å². The van der Waals surface area contributed by atoms with Crippen molar-refractivity contribution >= 4 is 17.2 Å². The third-order valence-electron chi connectivity index (χ3n) is 3.54. The zero-order valence-corrected chi connectivity index (χ0v) is 14.5. The number of ketones is 1. The monoisotopic (exact) mass is 358 g/mol. The molecule has 136 valence electrons. The minimum Gasteiger partial charge on any atom is -0.494 e. The zero-order valence-electron chi connectivity index (χ0n) is 14.5. The Balaban J connectivity index is 2.13. The lowest BCUT2D eigenvalue weighted by atomic mass is 10.1. The van der Waals surface area contributed by atoms with Crippen LogP contribution in [0, 0.1) is 10.1 Å². The van der Waals surface area contributed by atoms with Crippen LogP contribution < -0.4 is 19.5 Å². The molecule has 8 heteroatoms. The minimum absolute atomic E-state index is 0.0854. The van der Waals surface area contributed by atoms with Gasteiger partial charge in [-0.15, -0.1) is 0 Å². The molecule has 0 heterocycles. The summed E-state index contributed by atoms with van der Waals surface area (Å²) in [6, 6.07) is 8.99. The lowest BCUT2D eigenvalue weighted by molar-refractivity contribution is -0.384. The number of allylic oxidation sites excluding steroid dienone is 1. The summed E-state index contributed by atoms with van der Waals surface area (Å²) in [5.74, 6) is 1.03. The number of nitro groups is 1. The van der Waals surface area contributed by atoms with Gasteiger partial charge in [0, 0.05) is 23.9 Å². The van der Waals surface area contributed by atoms with Gasteiger partial charge >= 0.3 is 0 Å². The predicted molar refractivity (Wildman–Crippen MR) is 96.3 cm³/mol. The standard InChI is InChI=1S/C18H18N2O6/c1-24-16-7-4-12(10-18(16)26-3)15(21)8-9-19-14-6-5-13(20(22)23)11-17(14)25-2/h4-11,19H,1-3H3/b9-8+. The fourth-order valence-electron chi connectivity index (χ4n) is 2.21. The van der Waals surface area contributed by atoms with Crippen LogP contribution in [0.4, 0.5) is 11.4 Å². The molecular weight excluding hydrogens is 340 g/mol. The highest BCUT2D eigenvalue weighted by Crippen LogP contribution is 2.29. The van der Waals surface area contributed by atoms with E-state index in [4.69, 9.17) is 14.2 Å². The Bertz CT molecular complexity index is 848. The van der Waals surface area contributed by atoms with E-state index in [0.29, 0.717) is 28.5 Å². The van der Waals surface area contributed by atoms with E-state index < -0.39 is 4.92 Å². The number of methoxy groups -OCH3 is 3. The molecule has 2 rings (SSSR count). The van der Waals surface area contributed by atoms with E-state index >= 15 is 0 Å². The van der Waals surface area contributed by atoms with Crippen LogP contribution in [0.25, 0.3) is 0 Å². The first-order chi connectivity index (χ1) is 12.5. The average molecular weight is 358 g/mol. The summed E-state index contributed by atoms with van der Waals surface area (Å²) in [6.45, 7) is 0. The fourth-order valence-corrected chi connectivity index (χ4v) is 2.21. The van der Waals surface area contributed by atoms with E-state index in [1.807, 2.05) is 0 Å². The van der Waals surface area contributed by atoms with Gasteiger partial charge < -0.3 is 19.5 Å². The van der Waals surface area contributed by atoms with Crippen molar-refractivity contribution in [1.82, 2.24) is 0 Å². The number of non-ortho nitro benzene ring substituents is 1. The highest BCUT2D eigenvalue weighted by molar-refractivity contribution is 6.05. The largest absolute Gasteiger partial charge is 0.494 e. The molecule has 1 N–H and O–H groups in total. The fraction of sp³-hybridized carbons (Fsp3) is 0.167. The van der Waals surface area contributed by atoms with E-state index in [2.05, 4.69) is 5.32 Å². The first-order valence-corrected chi connectivity index (χ1v) is 7.52. The molecular formula is C18H18N2O6. The summed E-state index contributed by atoms with van der Waals surface area (Å²) in [6.07, 6.45) is 2.77. The van der Waals surface area contributed by atoms with Gasteiger partial charge in [-0.05, 0) is 24.3 Å². The van der Waals surface area contributed by atoms with Crippen molar-refractivity contribution in [3.05, 3.63) is 64.4 Å². The third-order valence-corrected chi connectivity index (χ3v) is 3.54. The Morgan fingerprint density at radius 2 is 1.69 bits per heavy atom. The number of nitro benzene ring substituents is 1. The first kappa shape index (κ1) is 18.8. The number of rotatable bonds is 8. The number of benzene rings is 2. The molecule has 0 aliphatic carbocycles. The van der Waals surface area contributed by atoms with Crippen molar-refractivity contribution < 1.29 is 23.9 Å². The molecule has 0 fully saturated rings. The molecule has 0 radical (unpaired) electrons. The molecule has 0 aliphatic rings. The Morgan fingerprint density at radius 3 is 2.31 bits per heavy atom. The lowest BCUT2D eigenvalue weighted by Gasteiger charge is -2.08. The lowest BCUT2D eigenvalue weighted by Crippen LogP contribution is -1.99. The van der Waals surface area contributed by atoms with E-state index in [-0.39, 0.29) is 11.5 Å². The van der Waals surface area contributed by atoms with Gasteiger partial charge in [0.25, 0.3) is 5.69 Å². The Hall–Kier alpha value is -3.55. The highest BCUT2D eigenvalue weighted by Gasteiger charge is 2.11. The van der Waals surface area contributed by atoms with Crippen LogP contribution in [-0.4, -0.2) is 32.0 Å². The quantitative estimate of drug-likeness (QED) is 0.334. The van der Waals surface area contributed by atoms with Crippen LogP contribution in [-0.2, 0) is 0 Å². The Kier molecular flexibility index (Phi) is 6.15. The minimum atomic E-state index is -0.511. The van der Waals surface area contributed by atoms with E-state index in [1.54, 1.807) is 18.2 Å². The number of anilines is 1. The van der Waals surface area contributed by atoms with Crippen molar-refractivity contribution in [2.45, 2.75) is 0 Å². The first-order valence-electron chi connectivity index (χ1n) is 7.52. The number of carbonyl (C=O) groups excluding carboxylic acids is 1. The molecule has 0 unspecified atom stereocenters. The van der Waals surface area contributed by atoms with Crippen molar-refractivity contribution in [3.8, 4) is 17.2 Å². The van der Waals surface area contributed by atoms with Gasteiger partial charge in [0.15, 0.2) is 17.3 Å². The maximum absolute atomic E-state index is 12.3. The molecule has 0 atom stereocenters. The molecule has 2 aromatic carbocycles. The normalized spacial score (nSPS) is 10.4. The summed E-state index contributed by atoms with van der Waals surface area (Å²) in [5, 5.41) is 13.7. The number of hydrogen-bond acceptors (Lipinski definition) is 7. The van der Waals surface area contributed by atoms with E-state index in [9.17, 15) is 14.9 Å². The van der Waals surface area contributed by atoms with E-state index in [0.717, 1.165) is 0 Å². The smallest absolute Gasteiger partial charge is 0.273 e. The topological polar surface area (TPSA) is 99.9 Å². The van der Waals surface area contributed by atoms with Gasteiger partial charge in [0.2, 0.25) is 0 Å². The van der Waals surface area contributed by atoms with Crippen LogP contribution in [0.5, 0.6) is 17.2 Å². The molecule has 0 spiro atoms. The number of carbonyl (C=O) groups is 1. The van der Waals surface area contributed by atoms with Gasteiger partial charge in [-0.3, -0.25) is 14.9 Å². The molecule has 0 saturated heterocycles. The number of nitrogens with zero attached hydrogens (tertiary/aromatic N) is 1. The molecule has 0 aromatic heterocycles. The van der Waals surface area contributed by atoms with Crippen LogP contribution in [0.15, 0.2) is 48.7 Å². The van der Waals surface area contributed by atoms with Gasteiger partial charge in [-0.25, -0.2) is 0 Å². The van der Waals surface area contributed by atoms with Crippen LogP contribution in [0.2, 0.25) is 0 Å². The second-order valence-electron chi connectivity index (χ2n) is 5.05. The summed E-state index contributed by atoms with van der Waals surface area (Å²) in [5.41, 5.74) is 0.837. The van der Waals surface area contributed by atoms with Crippen molar-refractivity contribution in [2.24, 2.45) is 0 Å². The van der Waals surface area contributed by atoms with Gasteiger partial charge in [-0.1, -0.05) is 0 Å². The highest BCUT2D eigenvalue weighted by atomic mass is 16.6. The second-order valence-corrected chi connectivity index (χ2v) is 5.05. The third kappa shape index (κ3) is 4.29. The summed E-state index contributed by atoms with van der Waals surface area (Å²) in [7, 11) is 4.41. The van der Waals surface area contributed by atoms with Crippen LogP contribution >= 0.6 is 0 Å². The molecule has 0 saturated carbocycles. The summed E-state index contributed by atoms with van der Waals surface area (Å²) >= 11 is 0. The molecule has 26 heavy (non-hydrogen) atoms. The number of nitrogens with one attached hydrogen (secondary N) is 1. The van der Waals surface area contributed by atoms with Gasteiger partial charge in [0.05, 0.1) is 38.0 Å². The maximum Gasteiger partial charge on any atom is 0.273 e. The number of hydrogen-bond donors (Lipinski definition) is 1. The predicted octanol–water partition coefficient (Wildman–Crippen LogP) is 3.43. The summed E-state index contributed by atoms with van der Waals surface area (Å²) < 4.78 is 15.4. The van der Waals surface area contributed by atoms with Gasteiger partial charge in [0.1, 0.15) is 5.75 Å².